The zero-order chi connectivity index (χ0) is 24.5. The molecule has 10 heteroatoms. The molecule has 0 saturated carbocycles. The van der Waals surface area contributed by atoms with Gasteiger partial charge in [0, 0.05) is 0 Å². The first-order chi connectivity index (χ1) is 16.3. The van der Waals surface area contributed by atoms with E-state index in [1.54, 1.807) is 36.4 Å². The van der Waals surface area contributed by atoms with Gasteiger partial charge in [-0.2, -0.15) is 0 Å². The molecule has 0 spiro atoms. The SMILES string of the molecule is Cc1cc(OCCOCC(=O)O)c2c(=O)c(-c3ccc(OCCOCC(=O)O)cc3)coc2c1. The summed E-state index contributed by atoms with van der Waals surface area (Å²) < 4.78 is 26.8. The summed E-state index contributed by atoms with van der Waals surface area (Å²) in [5.74, 6) is -1.26. The van der Waals surface area contributed by atoms with Crippen LogP contribution in [0.1, 0.15) is 5.56 Å². The molecule has 1 heterocycles. The quantitative estimate of drug-likeness (QED) is 0.357. The van der Waals surface area contributed by atoms with Gasteiger partial charge in [0.2, 0.25) is 5.43 Å². The highest BCUT2D eigenvalue weighted by Crippen LogP contribution is 2.28. The van der Waals surface area contributed by atoms with E-state index < -0.39 is 18.5 Å². The summed E-state index contributed by atoms with van der Waals surface area (Å²) in [4.78, 5) is 34.2. The summed E-state index contributed by atoms with van der Waals surface area (Å²) in [6, 6.07) is 10.2. The lowest BCUT2D eigenvalue weighted by molar-refractivity contribution is -0.143. The van der Waals surface area contributed by atoms with Gasteiger partial charge in [-0.25, -0.2) is 9.59 Å². The minimum absolute atomic E-state index is 0.0512. The molecule has 1 aromatic heterocycles. The van der Waals surface area contributed by atoms with Crippen molar-refractivity contribution >= 4 is 22.9 Å². The predicted octanol–water partition coefficient (Wildman–Crippen LogP) is 2.73. The lowest BCUT2D eigenvalue weighted by Gasteiger charge is -2.11. The molecule has 0 saturated heterocycles. The Bertz CT molecular complexity index is 1200. The Morgan fingerprint density at radius 3 is 2.12 bits per heavy atom. The van der Waals surface area contributed by atoms with E-state index >= 15 is 0 Å². The van der Waals surface area contributed by atoms with E-state index in [9.17, 15) is 14.4 Å². The average Bonchev–Trinajstić information content (AvgIpc) is 2.78. The zero-order valence-corrected chi connectivity index (χ0v) is 18.4. The van der Waals surface area contributed by atoms with Crippen molar-refractivity contribution in [1.82, 2.24) is 0 Å². The van der Waals surface area contributed by atoms with E-state index in [-0.39, 0.29) is 43.8 Å². The number of hydrogen-bond acceptors (Lipinski definition) is 8. The minimum atomic E-state index is -1.07. The van der Waals surface area contributed by atoms with Crippen molar-refractivity contribution in [2.75, 3.05) is 39.6 Å². The maximum atomic E-state index is 13.3. The maximum absolute atomic E-state index is 13.3. The molecule has 0 fully saturated rings. The number of carboxylic acids is 2. The standard InChI is InChI=1S/C24H24O10/c1-15-10-19(33-9-7-31-14-22(27)28)23-20(11-15)34-12-18(24(23)29)16-2-4-17(5-3-16)32-8-6-30-13-21(25)26/h2-5,10-12H,6-9,13-14H2,1H3,(H,25,26)(H,27,28). The van der Waals surface area contributed by atoms with Gasteiger partial charge in [0.05, 0.1) is 18.8 Å². The second-order valence-corrected chi connectivity index (χ2v) is 7.23. The molecule has 10 nitrogen and oxygen atoms in total. The van der Waals surface area contributed by atoms with Crippen LogP contribution in [0.5, 0.6) is 11.5 Å². The van der Waals surface area contributed by atoms with Crippen molar-refractivity contribution in [3.8, 4) is 22.6 Å². The van der Waals surface area contributed by atoms with Crippen LogP contribution in [-0.4, -0.2) is 61.8 Å². The molecule has 180 valence electrons. The van der Waals surface area contributed by atoms with E-state index in [0.29, 0.717) is 28.2 Å². The fourth-order valence-corrected chi connectivity index (χ4v) is 3.14. The lowest BCUT2D eigenvalue weighted by atomic mass is 10.0. The van der Waals surface area contributed by atoms with Gasteiger partial charge in [0.15, 0.2) is 0 Å². The number of aryl methyl sites for hydroxylation is 1. The Labute approximate surface area is 194 Å². The molecule has 3 rings (SSSR count). The fourth-order valence-electron chi connectivity index (χ4n) is 3.14. The third-order valence-corrected chi connectivity index (χ3v) is 4.58. The maximum Gasteiger partial charge on any atom is 0.329 e. The van der Waals surface area contributed by atoms with Gasteiger partial charge in [-0.1, -0.05) is 12.1 Å². The monoisotopic (exact) mass is 472 g/mol. The summed E-state index contributed by atoms with van der Waals surface area (Å²) in [5, 5.41) is 17.4. The number of rotatable bonds is 13. The summed E-state index contributed by atoms with van der Waals surface area (Å²) in [5.41, 5.74) is 1.87. The number of hydrogen-bond donors (Lipinski definition) is 2. The number of fused-ring (bicyclic) bond motifs is 1. The second kappa shape index (κ2) is 11.8. The lowest BCUT2D eigenvalue weighted by Crippen LogP contribution is -2.14. The minimum Gasteiger partial charge on any atom is -0.491 e. The number of carbonyl (C=O) groups is 2. The Hall–Kier alpha value is -3.89. The van der Waals surface area contributed by atoms with E-state index in [1.807, 2.05) is 6.92 Å². The molecule has 3 aromatic rings. The summed E-state index contributed by atoms with van der Waals surface area (Å²) in [6.07, 6.45) is 1.39. The van der Waals surface area contributed by atoms with Gasteiger partial charge in [-0.3, -0.25) is 4.79 Å². The number of carboxylic acid groups (broad SMARTS) is 2. The highest BCUT2D eigenvalue weighted by Gasteiger charge is 2.15. The number of ether oxygens (including phenoxy) is 4. The Morgan fingerprint density at radius 2 is 1.50 bits per heavy atom. The van der Waals surface area contributed by atoms with E-state index in [0.717, 1.165) is 5.56 Å². The van der Waals surface area contributed by atoms with Crippen LogP contribution in [0.15, 0.2) is 51.9 Å². The highest BCUT2D eigenvalue weighted by molar-refractivity contribution is 5.87. The molecule has 0 amide bonds. The first-order valence-corrected chi connectivity index (χ1v) is 10.4. The zero-order valence-electron chi connectivity index (χ0n) is 18.4. The summed E-state index contributed by atoms with van der Waals surface area (Å²) >= 11 is 0. The van der Waals surface area contributed by atoms with Gasteiger partial charge >= 0.3 is 11.9 Å². The molecular weight excluding hydrogens is 448 g/mol. The molecule has 0 aliphatic carbocycles. The van der Waals surface area contributed by atoms with Gasteiger partial charge in [0.25, 0.3) is 0 Å². The fraction of sp³-hybridized carbons (Fsp3) is 0.292. The predicted molar refractivity (Wildman–Crippen MR) is 121 cm³/mol. The van der Waals surface area contributed by atoms with Crippen LogP contribution in [0.3, 0.4) is 0 Å². The average molecular weight is 472 g/mol. The molecule has 0 bridgehead atoms. The van der Waals surface area contributed by atoms with Crippen LogP contribution in [0.4, 0.5) is 0 Å². The normalized spacial score (nSPS) is 10.9. The van der Waals surface area contributed by atoms with Gasteiger partial charge < -0.3 is 33.6 Å². The van der Waals surface area contributed by atoms with Crippen molar-refractivity contribution in [3.63, 3.8) is 0 Å². The molecule has 0 aliphatic rings. The first kappa shape index (κ1) is 24.7. The van der Waals surface area contributed by atoms with Crippen LogP contribution in [0, 0.1) is 6.92 Å². The third-order valence-electron chi connectivity index (χ3n) is 4.58. The topological polar surface area (TPSA) is 142 Å². The van der Waals surface area contributed by atoms with Crippen molar-refractivity contribution in [3.05, 3.63) is 58.4 Å². The largest absolute Gasteiger partial charge is 0.491 e. The van der Waals surface area contributed by atoms with E-state index in [2.05, 4.69) is 0 Å². The molecule has 0 aliphatic heterocycles. The first-order valence-electron chi connectivity index (χ1n) is 10.4. The summed E-state index contributed by atoms with van der Waals surface area (Å²) in [7, 11) is 0. The van der Waals surface area contributed by atoms with Crippen LogP contribution in [0.25, 0.3) is 22.1 Å². The van der Waals surface area contributed by atoms with Gasteiger partial charge in [0.1, 0.15) is 55.2 Å². The molecule has 34 heavy (non-hydrogen) atoms. The van der Waals surface area contributed by atoms with Crippen LogP contribution >= 0.6 is 0 Å². The van der Waals surface area contributed by atoms with Crippen LogP contribution in [0.2, 0.25) is 0 Å². The van der Waals surface area contributed by atoms with E-state index in [1.165, 1.54) is 6.26 Å². The van der Waals surface area contributed by atoms with Crippen molar-refractivity contribution in [2.24, 2.45) is 0 Å². The summed E-state index contributed by atoms with van der Waals surface area (Å²) in [6.45, 7) is 1.45. The third kappa shape index (κ3) is 6.80. The molecule has 0 unspecified atom stereocenters. The van der Waals surface area contributed by atoms with Crippen LogP contribution in [-0.2, 0) is 19.1 Å². The van der Waals surface area contributed by atoms with Crippen molar-refractivity contribution < 1.29 is 43.2 Å². The number of benzene rings is 2. The Balaban J connectivity index is 1.74. The Kier molecular flexibility index (Phi) is 8.60. The Morgan fingerprint density at radius 1 is 0.882 bits per heavy atom. The van der Waals surface area contributed by atoms with E-state index in [4.69, 9.17) is 33.6 Å². The second-order valence-electron chi connectivity index (χ2n) is 7.23. The number of aliphatic carboxylic acids is 2. The van der Waals surface area contributed by atoms with Crippen molar-refractivity contribution in [1.29, 1.82) is 0 Å². The smallest absolute Gasteiger partial charge is 0.329 e. The molecular formula is C24H24O10. The molecule has 2 aromatic carbocycles. The van der Waals surface area contributed by atoms with Crippen LogP contribution < -0.4 is 14.9 Å². The van der Waals surface area contributed by atoms with Gasteiger partial charge in [-0.15, -0.1) is 0 Å². The van der Waals surface area contributed by atoms with Gasteiger partial charge in [-0.05, 0) is 42.3 Å². The highest BCUT2D eigenvalue weighted by atomic mass is 16.5. The molecule has 0 atom stereocenters. The molecule has 0 radical (unpaired) electrons. The van der Waals surface area contributed by atoms with Crippen molar-refractivity contribution in [2.45, 2.75) is 6.92 Å². The molecule has 2 N–H and O–H groups in total.